The molecule has 11 heterocycles. The van der Waals surface area contributed by atoms with E-state index >= 15 is 0 Å². The summed E-state index contributed by atoms with van der Waals surface area (Å²) in [5.41, 5.74) is 3.23. The number of fused-ring (bicyclic) bond motifs is 1. The van der Waals surface area contributed by atoms with Gasteiger partial charge in [0.2, 0.25) is 11.8 Å². The summed E-state index contributed by atoms with van der Waals surface area (Å²) in [6.45, 7) is 24.3. The molecule has 27 nitrogen and oxygen atoms in total. The van der Waals surface area contributed by atoms with Crippen molar-refractivity contribution in [3.63, 3.8) is 0 Å². The molecule has 7 aromatic heterocycles. The lowest BCUT2D eigenvalue weighted by Gasteiger charge is -2.44. The van der Waals surface area contributed by atoms with Crippen molar-refractivity contribution in [1.82, 2.24) is 49.2 Å². The molecule has 0 bridgehead atoms. The number of carbonyl (C=O) groups excluding carboxylic acids is 3. The Labute approximate surface area is 655 Å². The first kappa shape index (κ1) is 80.9. The van der Waals surface area contributed by atoms with Gasteiger partial charge < -0.3 is 38.3 Å². The lowest BCUT2D eigenvalue weighted by atomic mass is 9.78. The van der Waals surface area contributed by atoms with E-state index in [1.807, 2.05) is 61.5 Å². The van der Waals surface area contributed by atoms with Gasteiger partial charge in [0.05, 0.1) is 23.8 Å². The zero-order valence-electron chi connectivity index (χ0n) is 65.0. The molecule has 4 saturated heterocycles. The Hall–Kier alpha value is -10.6. The minimum Gasteiger partial charge on any atom is -0.496 e. The normalized spacial score (nSPS) is 19.7. The fourth-order valence-electron chi connectivity index (χ4n) is 16.3. The van der Waals surface area contributed by atoms with Crippen LogP contribution >= 0.6 is 0 Å². The molecule has 9 aromatic rings. The summed E-state index contributed by atoms with van der Waals surface area (Å²) < 4.78 is 108. The number of piperidine rings is 1. The highest BCUT2D eigenvalue weighted by Crippen LogP contribution is 2.42. The van der Waals surface area contributed by atoms with E-state index in [9.17, 15) is 39.6 Å². The van der Waals surface area contributed by atoms with Crippen LogP contribution in [0.3, 0.4) is 0 Å². The zero-order chi connectivity index (χ0) is 79.9. The van der Waals surface area contributed by atoms with Crippen LogP contribution in [0.5, 0.6) is 17.5 Å². The lowest BCUT2D eigenvalue weighted by molar-refractivity contribution is 0.0972. The van der Waals surface area contributed by atoms with Crippen LogP contribution in [0.15, 0.2) is 184 Å². The van der Waals surface area contributed by atoms with Gasteiger partial charge in [-0.3, -0.25) is 14.4 Å². The number of anilines is 4. The number of carbonyl (C=O) groups is 3. The molecule has 592 valence electrons. The van der Waals surface area contributed by atoms with Crippen LogP contribution in [0.25, 0.3) is 11.3 Å². The molecule has 5 unspecified atom stereocenters. The number of hydrogen-bond acceptors (Lipinski definition) is 24. The molecule has 4 aliphatic heterocycles. The van der Waals surface area contributed by atoms with Crippen molar-refractivity contribution in [1.29, 1.82) is 0 Å². The molecule has 30 heteroatoms. The second-order valence-corrected chi connectivity index (χ2v) is 36.4. The zero-order valence-corrected chi connectivity index (χ0v) is 67.5. The van der Waals surface area contributed by atoms with Crippen LogP contribution in [0.2, 0.25) is 0 Å². The molecular formula is C82H98N14O13S3. The second-order valence-electron chi connectivity index (χ2n) is 31.5. The molecule has 2 aromatic carbocycles. The van der Waals surface area contributed by atoms with Crippen molar-refractivity contribution in [2.24, 2.45) is 23.7 Å². The van der Waals surface area contributed by atoms with E-state index in [0.29, 0.717) is 64.4 Å². The first-order valence-electron chi connectivity index (χ1n) is 37.8. The number of benzene rings is 2. The standard InChI is InChI=1S/C28H29N5O5S.C27H37N5O3S.C27H32N4O5S/c1-19-16-28(2,3)33(17-19)26-22(11-8-14-29-26)27(34)32-39(35,36)25-13-7-12-24(30-25)37-18-21-15-23(38-31-21)20-9-5-4-6-10-20;1-19-17-27(2,3)32(18-19)25-21(11-7-15-28-25)26(33)30-36(34,35)24-14-6-13-23(29-24)31-16-8-10-20-9-4-5-12-22(20)31;1-18-15-27(3,4)31(16-18)25-21(8-7-13-28-25)26(32)30-37(33,34)24-10-6-9-23(29-24)36-17-20-11-12-22(35-5)19(2)14-20/h4-15,19H,16-18H2,1-3H3,(H,32,34);6-7,11,13-15,19-20,22H,4-5,8-10,12,16-18H2,1-3H3,(H,30,33);6-14,18H,15-17H2,1-5H3,(H,30,32). The van der Waals surface area contributed by atoms with Crippen LogP contribution < -0.4 is 48.0 Å². The van der Waals surface area contributed by atoms with Gasteiger partial charge in [-0.15, -0.1) is 0 Å². The fourth-order valence-corrected chi connectivity index (χ4v) is 19.0. The van der Waals surface area contributed by atoms with E-state index in [0.717, 1.165) is 80.7 Å². The number of rotatable bonds is 21. The maximum atomic E-state index is 13.3. The van der Waals surface area contributed by atoms with Crippen molar-refractivity contribution in [2.75, 3.05) is 52.9 Å². The summed E-state index contributed by atoms with van der Waals surface area (Å²) in [6.07, 6.45) is 14.8. The number of nitrogens with one attached hydrogen (secondary N) is 3. The highest BCUT2D eigenvalue weighted by atomic mass is 32.2. The molecule has 0 radical (unpaired) electrons. The third-order valence-corrected chi connectivity index (χ3v) is 24.8. The Morgan fingerprint density at radius 2 is 0.955 bits per heavy atom. The van der Waals surface area contributed by atoms with Crippen molar-refractivity contribution >= 4 is 71.1 Å². The van der Waals surface area contributed by atoms with E-state index < -0.39 is 47.8 Å². The van der Waals surface area contributed by atoms with Gasteiger partial charge in [-0.05, 0) is 201 Å². The van der Waals surface area contributed by atoms with Crippen molar-refractivity contribution in [3.05, 3.63) is 198 Å². The average molecular weight is 1580 g/mol. The number of aryl methyl sites for hydroxylation is 1. The van der Waals surface area contributed by atoms with Gasteiger partial charge >= 0.3 is 0 Å². The van der Waals surface area contributed by atoms with Gasteiger partial charge in [-0.25, -0.2) is 34.1 Å². The minimum atomic E-state index is -4.30. The maximum absolute atomic E-state index is 13.3. The van der Waals surface area contributed by atoms with Crippen LogP contribution in [-0.2, 0) is 43.3 Å². The Bertz CT molecular complexity index is 5240. The van der Waals surface area contributed by atoms with E-state index in [1.165, 1.54) is 62.1 Å². The molecule has 3 amide bonds. The van der Waals surface area contributed by atoms with Gasteiger partial charge in [0.15, 0.2) is 20.8 Å². The number of amides is 3. The molecule has 112 heavy (non-hydrogen) atoms. The second kappa shape index (κ2) is 33.8. The number of sulfonamides is 3. The fraction of sp³-hybridized carbons (Fsp3) is 0.415. The van der Waals surface area contributed by atoms with Gasteiger partial charge in [0, 0.05) is 91.2 Å². The lowest BCUT2D eigenvalue weighted by Crippen LogP contribution is -2.47. The number of hydrogen-bond donors (Lipinski definition) is 3. The maximum Gasteiger partial charge on any atom is 0.281 e. The first-order chi connectivity index (χ1) is 53.3. The Morgan fingerprint density at radius 3 is 1.41 bits per heavy atom. The summed E-state index contributed by atoms with van der Waals surface area (Å²) in [5.74, 6) is 3.34. The summed E-state index contributed by atoms with van der Waals surface area (Å²) in [4.78, 5) is 74.2. The van der Waals surface area contributed by atoms with Crippen LogP contribution in [0.4, 0.5) is 23.3 Å². The molecular weight excluding hydrogens is 1490 g/mol. The quantitative estimate of drug-likeness (QED) is 0.0601. The summed E-state index contributed by atoms with van der Waals surface area (Å²) in [7, 11) is -11.1. The van der Waals surface area contributed by atoms with E-state index in [1.54, 1.807) is 80.3 Å². The topological polar surface area (TPSA) is 334 Å². The first-order valence-corrected chi connectivity index (χ1v) is 42.2. The van der Waals surface area contributed by atoms with Crippen LogP contribution in [0.1, 0.15) is 168 Å². The Kier molecular flexibility index (Phi) is 24.4. The van der Waals surface area contributed by atoms with Gasteiger partial charge in [0.1, 0.15) is 47.9 Å². The van der Waals surface area contributed by atoms with E-state index in [-0.39, 0.29) is 73.4 Å². The van der Waals surface area contributed by atoms with E-state index in [4.69, 9.17) is 18.7 Å². The molecule has 14 rings (SSSR count). The minimum absolute atomic E-state index is 0.0162. The molecule has 5 atom stereocenters. The van der Waals surface area contributed by atoms with E-state index in [2.05, 4.69) is 131 Å². The average Bonchev–Trinajstić information content (AvgIpc) is 1.57. The van der Waals surface area contributed by atoms with Gasteiger partial charge in [-0.1, -0.05) is 93.4 Å². The molecule has 5 aliphatic rings. The number of aromatic nitrogens is 7. The van der Waals surface area contributed by atoms with Crippen LogP contribution in [-0.4, -0.2) is 134 Å². The predicted molar refractivity (Wildman–Crippen MR) is 426 cm³/mol. The molecule has 1 saturated carbocycles. The smallest absolute Gasteiger partial charge is 0.281 e. The Balaban J connectivity index is 0.000000156. The monoisotopic (exact) mass is 1580 g/mol. The van der Waals surface area contributed by atoms with Crippen molar-refractivity contribution < 1.29 is 58.4 Å². The molecule has 5 fully saturated rings. The number of methoxy groups -OCH3 is 1. The number of ether oxygens (including phenoxy) is 3. The third kappa shape index (κ3) is 18.9. The van der Waals surface area contributed by atoms with Gasteiger partial charge in [0.25, 0.3) is 47.8 Å². The number of pyridine rings is 6. The summed E-state index contributed by atoms with van der Waals surface area (Å²) in [6, 6.07) is 40.7. The highest BCUT2D eigenvalue weighted by molar-refractivity contribution is 7.90. The highest BCUT2D eigenvalue weighted by Gasteiger charge is 2.43. The van der Waals surface area contributed by atoms with Gasteiger partial charge in [-0.2, -0.15) is 35.2 Å². The predicted octanol–water partition coefficient (Wildman–Crippen LogP) is 12.9. The largest absolute Gasteiger partial charge is 0.496 e. The van der Waals surface area contributed by atoms with Crippen LogP contribution in [0, 0.1) is 30.6 Å². The SMILES string of the molecule is CC1CN(c2ncccc2C(=O)NS(=O)(=O)c2cccc(N3CCCC4CCCCC43)n2)C(C)(C)C1.CC1CN(c2ncccc2C(=O)NS(=O)(=O)c2cccc(OCc3cc(-c4ccccc4)on3)n2)C(C)(C)C1.COc1ccc(COc2cccc(S(=O)(=O)NC(=O)c3cccnc3N3CC(C)CC3(C)C)n2)cc1C. The van der Waals surface area contributed by atoms with Crippen molar-refractivity contribution in [2.45, 2.75) is 178 Å². The molecule has 0 spiro atoms. The summed E-state index contributed by atoms with van der Waals surface area (Å²) in [5, 5.41) is 3.20. The molecule has 3 N–H and O–H groups in total. The summed E-state index contributed by atoms with van der Waals surface area (Å²) >= 11 is 0. The molecule has 1 aliphatic carbocycles. The third-order valence-electron chi connectivity index (χ3n) is 21.1. The Morgan fingerprint density at radius 1 is 0.509 bits per heavy atom. The number of nitrogens with zero attached hydrogens (tertiary/aromatic N) is 11. The van der Waals surface area contributed by atoms with Crippen molar-refractivity contribution in [3.8, 4) is 28.8 Å².